The summed E-state index contributed by atoms with van der Waals surface area (Å²) in [4.78, 5) is 0. The normalized spacial score (nSPS) is 11.8. The number of benzene rings is 7. The number of rotatable bonds is 2. The molecule has 1 nitrogen and oxygen atoms in total. The van der Waals surface area contributed by atoms with Crippen molar-refractivity contribution in [3.05, 3.63) is 133 Å². The second kappa shape index (κ2) is 7.81. The van der Waals surface area contributed by atoms with E-state index in [1.165, 1.54) is 54.2 Å². The maximum Gasteiger partial charge on any atom is 0.136 e. The van der Waals surface area contributed by atoms with Crippen molar-refractivity contribution in [2.24, 2.45) is 0 Å². The fourth-order valence-electron chi connectivity index (χ4n) is 5.90. The highest BCUT2D eigenvalue weighted by atomic mass is 16.3. The van der Waals surface area contributed by atoms with Gasteiger partial charge in [-0.25, -0.2) is 0 Å². The van der Waals surface area contributed by atoms with Crippen LogP contribution >= 0.6 is 0 Å². The molecule has 0 radical (unpaired) electrons. The van der Waals surface area contributed by atoms with Crippen LogP contribution in [0.4, 0.5) is 0 Å². The zero-order chi connectivity index (χ0) is 24.3. The Morgan fingerprint density at radius 2 is 0.865 bits per heavy atom. The Kier molecular flexibility index (Phi) is 4.29. The minimum absolute atomic E-state index is 0.905. The molecule has 0 N–H and O–H groups in total. The van der Waals surface area contributed by atoms with Crippen molar-refractivity contribution in [1.82, 2.24) is 0 Å². The SMILES string of the molecule is c1ccc2cc(-c3c4ccccc4c(-c4cc5cc6ccccc6cc5o4)c4ccccc34)ccc2c1. The van der Waals surface area contributed by atoms with Crippen LogP contribution in [0.3, 0.4) is 0 Å². The van der Waals surface area contributed by atoms with E-state index in [0.29, 0.717) is 0 Å². The third-order valence-electron chi connectivity index (χ3n) is 7.60. The summed E-state index contributed by atoms with van der Waals surface area (Å²) in [6.45, 7) is 0. The molecule has 1 heteroatoms. The van der Waals surface area contributed by atoms with Gasteiger partial charge in [0.25, 0.3) is 0 Å². The number of furan rings is 1. The average molecular weight is 471 g/mol. The van der Waals surface area contributed by atoms with Crippen LogP contribution in [0.2, 0.25) is 0 Å². The van der Waals surface area contributed by atoms with Crippen molar-refractivity contribution >= 4 is 54.1 Å². The monoisotopic (exact) mass is 470 g/mol. The highest BCUT2D eigenvalue weighted by molar-refractivity contribution is 6.21. The quantitative estimate of drug-likeness (QED) is 0.229. The zero-order valence-corrected chi connectivity index (χ0v) is 20.1. The highest BCUT2D eigenvalue weighted by Gasteiger charge is 2.19. The van der Waals surface area contributed by atoms with Crippen molar-refractivity contribution < 1.29 is 4.42 Å². The molecule has 7 aromatic carbocycles. The topological polar surface area (TPSA) is 13.1 Å². The molecule has 8 rings (SSSR count). The highest BCUT2D eigenvalue weighted by Crippen LogP contribution is 2.45. The Labute approximate surface area is 214 Å². The lowest BCUT2D eigenvalue weighted by molar-refractivity contribution is 0.633. The third kappa shape index (κ3) is 3.11. The van der Waals surface area contributed by atoms with Gasteiger partial charge in [0.2, 0.25) is 0 Å². The first-order chi connectivity index (χ1) is 18.3. The Hall–Kier alpha value is -4.88. The van der Waals surface area contributed by atoms with Gasteiger partial charge in [0.15, 0.2) is 0 Å². The molecule has 0 amide bonds. The van der Waals surface area contributed by atoms with Crippen LogP contribution < -0.4 is 0 Å². The predicted octanol–water partition coefficient (Wildman–Crippen LogP) is 10.4. The standard InChI is InChI=1S/C36H22O/c1-2-10-24-19-27(18-17-23(24)9-1)35-29-13-5-7-15-31(29)36(32-16-8-6-14-30(32)35)34-22-28-20-25-11-3-4-12-26(25)21-33(28)37-34/h1-22H. The summed E-state index contributed by atoms with van der Waals surface area (Å²) < 4.78 is 6.58. The molecular formula is C36H22O. The van der Waals surface area contributed by atoms with Gasteiger partial charge in [0, 0.05) is 10.9 Å². The molecule has 0 unspecified atom stereocenters. The van der Waals surface area contributed by atoms with E-state index >= 15 is 0 Å². The molecule has 0 saturated carbocycles. The van der Waals surface area contributed by atoms with Crippen LogP contribution in [0.1, 0.15) is 0 Å². The largest absolute Gasteiger partial charge is 0.456 e. The van der Waals surface area contributed by atoms with Crippen molar-refractivity contribution in [3.8, 4) is 22.5 Å². The molecule has 1 heterocycles. The van der Waals surface area contributed by atoms with Crippen LogP contribution in [0.15, 0.2) is 138 Å². The summed E-state index contributed by atoms with van der Waals surface area (Å²) in [5, 5.41) is 10.9. The number of hydrogen-bond donors (Lipinski definition) is 0. The van der Waals surface area contributed by atoms with E-state index in [9.17, 15) is 0 Å². The van der Waals surface area contributed by atoms with Gasteiger partial charge >= 0.3 is 0 Å². The first kappa shape index (κ1) is 20.3. The van der Waals surface area contributed by atoms with E-state index < -0.39 is 0 Å². The second-order valence-corrected chi connectivity index (χ2v) is 9.75. The molecule has 0 aliphatic carbocycles. The molecule has 0 bridgehead atoms. The van der Waals surface area contributed by atoms with Gasteiger partial charge < -0.3 is 4.42 Å². The Morgan fingerprint density at radius 1 is 0.351 bits per heavy atom. The van der Waals surface area contributed by atoms with Gasteiger partial charge in [-0.3, -0.25) is 0 Å². The smallest absolute Gasteiger partial charge is 0.136 e. The zero-order valence-electron chi connectivity index (χ0n) is 20.1. The van der Waals surface area contributed by atoms with E-state index in [1.54, 1.807) is 0 Å². The first-order valence-electron chi connectivity index (χ1n) is 12.7. The molecule has 0 spiro atoms. The van der Waals surface area contributed by atoms with E-state index in [-0.39, 0.29) is 0 Å². The summed E-state index contributed by atoms with van der Waals surface area (Å²) in [6.07, 6.45) is 0. The van der Waals surface area contributed by atoms with Crippen LogP contribution in [0.25, 0.3) is 76.5 Å². The van der Waals surface area contributed by atoms with Crippen LogP contribution in [0.5, 0.6) is 0 Å². The number of hydrogen-bond acceptors (Lipinski definition) is 1. The molecule has 8 aromatic rings. The summed E-state index contributed by atoms with van der Waals surface area (Å²) in [7, 11) is 0. The minimum atomic E-state index is 0.905. The molecule has 0 fully saturated rings. The van der Waals surface area contributed by atoms with Gasteiger partial charge in [-0.1, -0.05) is 109 Å². The molecule has 0 atom stereocenters. The molecule has 0 saturated heterocycles. The Bertz CT molecular complexity index is 2040. The van der Waals surface area contributed by atoms with Crippen LogP contribution in [-0.2, 0) is 0 Å². The van der Waals surface area contributed by atoms with Crippen LogP contribution in [-0.4, -0.2) is 0 Å². The van der Waals surface area contributed by atoms with Gasteiger partial charge in [-0.15, -0.1) is 0 Å². The van der Waals surface area contributed by atoms with Gasteiger partial charge in [-0.05, 0) is 78.5 Å². The fourth-order valence-corrected chi connectivity index (χ4v) is 5.90. The lowest BCUT2D eigenvalue weighted by atomic mass is 9.87. The molecular weight excluding hydrogens is 448 g/mol. The third-order valence-corrected chi connectivity index (χ3v) is 7.60. The summed E-state index contributed by atoms with van der Waals surface area (Å²) >= 11 is 0. The molecule has 37 heavy (non-hydrogen) atoms. The van der Waals surface area contributed by atoms with Crippen molar-refractivity contribution in [2.75, 3.05) is 0 Å². The van der Waals surface area contributed by atoms with Crippen molar-refractivity contribution in [2.45, 2.75) is 0 Å². The van der Waals surface area contributed by atoms with E-state index in [4.69, 9.17) is 4.42 Å². The summed E-state index contributed by atoms with van der Waals surface area (Å²) in [6, 6.07) is 47.9. The molecule has 0 aliphatic heterocycles. The van der Waals surface area contributed by atoms with E-state index in [0.717, 1.165) is 22.3 Å². The minimum Gasteiger partial charge on any atom is -0.456 e. The maximum atomic E-state index is 6.58. The molecule has 0 aliphatic rings. The van der Waals surface area contributed by atoms with Gasteiger partial charge in [-0.2, -0.15) is 0 Å². The fraction of sp³-hybridized carbons (Fsp3) is 0. The first-order valence-corrected chi connectivity index (χ1v) is 12.7. The molecule has 1 aromatic heterocycles. The second-order valence-electron chi connectivity index (χ2n) is 9.75. The van der Waals surface area contributed by atoms with E-state index in [2.05, 4.69) is 133 Å². The lowest BCUT2D eigenvalue weighted by Gasteiger charge is -2.16. The maximum absolute atomic E-state index is 6.58. The van der Waals surface area contributed by atoms with E-state index in [1.807, 2.05) is 0 Å². The summed E-state index contributed by atoms with van der Waals surface area (Å²) in [5.41, 5.74) is 4.56. The van der Waals surface area contributed by atoms with Gasteiger partial charge in [0.05, 0.1) is 0 Å². The Balaban J connectivity index is 1.47. The van der Waals surface area contributed by atoms with Crippen LogP contribution in [0, 0.1) is 0 Å². The predicted molar refractivity (Wildman–Crippen MR) is 157 cm³/mol. The average Bonchev–Trinajstić information content (AvgIpc) is 3.36. The van der Waals surface area contributed by atoms with Crippen molar-refractivity contribution in [1.29, 1.82) is 0 Å². The molecule has 172 valence electrons. The van der Waals surface area contributed by atoms with Gasteiger partial charge in [0.1, 0.15) is 11.3 Å². The number of fused-ring (bicyclic) bond motifs is 5. The van der Waals surface area contributed by atoms with Crippen molar-refractivity contribution in [3.63, 3.8) is 0 Å². The lowest BCUT2D eigenvalue weighted by Crippen LogP contribution is -1.90. The summed E-state index contributed by atoms with van der Waals surface area (Å²) in [5.74, 6) is 0.905. The Morgan fingerprint density at radius 3 is 1.51 bits per heavy atom.